The summed E-state index contributed by atoms with van der Waals surface area (Å²) < 4.78 is 5.40. The summed E-state index contributed by atoms with van der Waals surface area (Å²) in [5.74, 6) is -0.269. The van der Waals surface area contributed by atoms with Gasteiger partial charge in [0, 0.05) is 5.92 Å². The molecule has 5 atom stereocenters. The van der Waals surface area contributed by atoms with Crippen molar-refractivity contribution in [1.82, 2.24) is 0 Å². The minimum absolute atomic E-state index is 0.0410. The minimum Gasteiger partial charge on any atom is -0.461 e. The van der Waals surface area contributed by atoms with Crippen LogP contribution in [0.1, 0.15) is 40.5 Å². The fraction of sp³-hybridized carbons (Fsp3) is 0.917. The molecule has 1 fully saturated rings. The molecular weight excluding hydrogens is 192 g/mol. The Kier molecular flexibility index (Phi) is 4.14. The summed E-state index contributed by atoms with van der Waals surface area (Å²) in [7, 11) is 0. The number of rotatable bonds is 3. The van der Waals surface area contributed by atoms with Crippen LogP contribution in [0.25, 0.3) is 0 Å². The molecule has 1 aliphatic rings. The second-order valence-electron chi connectivity index (χ2n) is 4.81. The zero-order chi connectivity index (χ0) is 11.6. The van der Waals surface area contributed by atoms with Crippen LogP contribution in [0.2, 0.25) is 0 Å². The van der Waals surface area contributed by atoms with Crippen LogP contribution in [0.4, 0.5) is 0 Å². The molecule has 0 spiro atoms. The number of ether oxygens (including phenoxy) is 1. The van der Waals surface area contributed by atoms with Crippen molar-refractivity contribution in [3.8, 4) is 0 Å². The van der Waals surface area contributed by atoms with Gasteiger partial charge in [-0.3, -0.25) is 4.79 Å². The minimum atomic E-state index is -0.560. The van der Waals surface area contributed by atoms with Crippen LogP contribution >= 0.6 is 0 Å². The SMILES string of the molecule is CCC[C@@H](C)[C@@H]1OC(=O)[C@@H](C)[C@@H](O)[C@H]1C. The molecule has 0 bridgehead atoms. The zero-order valence-corrected chi connectivity index (χ0v) is 10.1. The van der Waals surface area contributed by atoms with Crippen LogP contribution < -0.4 is 0 Å². The normalized spacial score (nSPS) is 38.6. The predicted octanol–water partition coefficient (Wildman–Crippen LogP) is 1.98. The molecule has 0 amide bonds. The first-order valence-corrected chi connectivity index (χ1v) is 5.87. The first-order valence-electron chi connectivity index (χ1n) is 5.87. The Balaban J connectivity index is 2.69. The summed E-state index contributed by atoms with van der Waals surface area (Å²) in [5, 5.41) is 9.90. The molecule has 0 radical (unpaired) electrons. The van der Waals surface area contributed by atoms with E-state index in [0.717, 1.165) is 12.8 Å². The largest absolute Gasteiger partial charge is 0.461 e. The van der Waals surface area contributed by atoms with Crippen LogP contribution in [0.5, 0.6) is 0 Å². The molecule has 0 aliphatic carbocycles. The van der Waals surface area contributed by atoms with Crippen molar-refractivity contribution < 1.29 is 14.6 Å². The van der Waals surface area contributed by atoms with E-state index in [1.165, 1.54) is 0 Å². The Labute approximate surface area is 91.8 Å². The number of hydrogen-bond acceptors (Lipinski definition) is 3. The van der Waals surface area contributed by atoms with Gasteiger partial charge in [-0.25, -0.2) is 0 Å². The van der Waals surface area contributed by atoms with Gasteiger partial charge in [-0.1, -0.05) is 27.2 Å². The van der Waals surface area contributed by atoms with Gasteiger partial charge in [-0.2, -0.15) is 0 Å². The van der Waals surface area contributed by atoms with Crippen molar-refractivity contribution >= 4 is 5.97 Å². The summed E-state index contributed by atoms with van der Waals surface area (Å²) in [5.41, 5.74) is 0. The first-order chi connectivity index (χ1) is 6.99. The Hall–Kier alpha value is -0.570. The molecule has 0 aromatic heterocycles. The van der Waals surface area contributed by atoms with Gasteiger partial charge in [-0.05, 0) is 19.3 Å². The van der Waals surface area contributed by atoms with Crippen molar-refractivity contribution in [3.05, 3.63) is 0 Å². The lowest BCUT2D eigenvalue weighted by Crippen LogP contribution is -2.49. The van der Waals surface area contributed by atoms with E-state index in [4.69, 9.17) is 4.74 Å². The van der Waals surface area contributed by atoms with Crippen molar-refractivity contribution in [2.45, 2.75) is 52.7 Å². The van der Waals surface area contributed by atoms with Crippen molar-refractivity contribution in [3.63, 3.8) is 0 Å². The average Bonchev–Trinajstić information content (AvgIpc) is 2.20. The molecule has 1 N–H and O–H groups in total. The summed E-state index contributed by atoms with van der Waals surface area (Å²) in [6, 6.07) is 0. The van der Waals surface area contributed by atoms with Crippen LogP contribution in [0, 0.1) is 17.8 Å². The highest BCUT2D eigenvalue weighted by atomic mass is 16.5. The van der Waals surface area contributed by atoms with Gasteiger partial charge in [0.25, 0.3) is 0 Å². The molecule has 1 rings (SSSR count). The summed E-state index contributed by atoms with van der Waals surface area (Å²) in [6.07, 6.45) is 1.43. The van der Waals surface area contributed by atoms with Gasteiger partial charge in [0.2, 0.25) is 0 Å². The van der Waals surface area contributed by atoms with Crippen LogP contribution in [0.15, 0.2) is 0 Å². The lowest BCUT2D eigenvalue weighted by Gasteiger charge is -2.39. The molecule has 0 saturated carbocycles. The quantitative estimate of drug-likeness (QED) is 0.731. The topological polar surface area (TPSA) is 46.5 Å². The molecule has 0 aromatic rings. The third kappa shape index (κ3) is 2.51. The molecule has 1 heterocycles. The van der Waals surface area contributed by atoms with Crippen LogP contribution in [0.3, 0.4) is 0 Å². The van der Waals surface area contributed by atoms with Crippen molar-refractivity contribution in [2.75, 3.05) is 0 Å². The average molecular weight is 214 g/mol. The van der Waals surface area contributed by atoms with E-state index >= 15 is 0 Å². The molecule has 1 saturated heterocycles. The molecule has 15 heavy (non-hydrogen) atoms. The fourth-order valence-electron chi connectivity index (χ4n) is 2.39. The number of aliphatic hydroxyl groups is 1. The lowest BCUT2D eigenvalue weighted by atomic mass is 9.80. The Morgan fingerprint density at radius 2 is 2.07 bits per heavy atom. The van der Waals surface area contributed by atoms with Gasteiger partial charge < -0.3 is 9.84 Å². The maximum Gasteiger partial charge on any atom is 0.311 e. The molecular formula is C12H22O3. The second-order valence-corrected chi connectivity index (χ2v) is 4.81. The number of cyclic esters (lactones) is 1. The van der Waals surface area contributed by atoms with E-state index in [1.807, 2.05) is 6.92 Å². The number of hydrogen-bond donors (Lipinski definition) is 1. The van der Waals surface area contributed by atoms with Gasteiger partial charge in [-0.15, -0.1) is 0 Å². The number of aliphatic hydroxyl groups excluding tert-OH is 1. The van der Waals surface area contributed by atoms with E-state index in [1.54, 1.807) is 6.92 Å². The molecule has 88 valence electrons. The van der Waals surface area contributed by atoms with Crippen molar-refractivity contribution in [1.29, 1.82) is 0 Å². The lowest BCUT2D eigenvalue weighted by molar-refractivity contribution is -0.182. The fourth-order valence-corrected chi connectivity index (χ4v) is 2.39. The van der Waals surface area contributed by atoms with E-state index in [9.17, 15) is 9.90 Å². The predicted molar refractivity (Wildman–Crippen MR) is 58.3 cm³/mol. The number of carbonyl (C=O) groups is 1. The van der Waals surface area contributed by atoms with E-state index < -0.39 is 6.10 Å². The van der Waals surface area contributed by atoms with E-state index in [0.29, 0.717) is 5.92 Å². The summed E-state index contributed by atoms with van der Waals surface area (Å²) in [4.78, 5) is 11.5. The standard InChI is InChI=1S/C12H22O3/c1-5-6-7(2)11-8(3)10(13)9(4)12(14)15-11/h7-11,13H,5-6H2,1-4H3/t7-,8-,9+,10+,11+/m1/s1. The monoisotopic (exact) mass is 214 g/mol. The maximum absolute atomic E-state index is 11.5. The zero-order valence-electron chi connectivity index (χ0n) is 10.1. The third-order valence-corrected chi connectivity index (χ3v) is 3.50. The first kappa shape index (κ1) is 12.5. The van der Waals surface area contributed by atoms with Crippen LogP contribution in [-0.2, 0) is 9.53 Å². The number of carbonyl (C=O) groups excluding carboxylic acids is 1. The van der Waals surface area contributed by atoms with Gasteiger partial charge in [0.15, 0.2) is 0 Å². The molecule has 0 aromatic carbocycles. The summed E-state index contributed by atoms with van der Waals surface area (Å²) >= 11 is 0. The van der Waals surface area contributed by atoms with Gasteiger partial charge in [0.1, 0.15) is 6.10 Å². The molecule has 3 heteroatoms. The smallest absolute Gasteiger partial charge is 0.311 e. The van der Waals surface area contributed by atoms with E-state index in [2.05, 4.69) is 13.8 Å². The van der Waals surface area contributed by atoms with E-state index in [-0.39, 0.29) is 23.9 Å². The van der Waals surface area contributed by atoms with Crippen LogP contribution in [-0.4, -0.2) is 23.3 Å². The molecule has 1 aliphatic heterocycles. The number of esters is 1. The Bertz CT molecular complexity index is 227. The highest BCUT2D eigenvalue weighted by Gasteiger charge is 2.42. The van der Waals surface area contributed by atoms with Gasteiger partial charge >= 0.3 is 5.97 Å². The Morgan fingerprint density at radius 3 is 2.60 bits per heavy atom. The maximum atomic E-state index is 11.5. The van der Waals surface area contributed by atoms with Gasteiger partial charge in [0.05, 0.1) is 12.0 Å². The Morgan fingerprint density at radius 1 is 1.47 bits per heavy atom. The highest BCUT2D eigenvalue weighted by Crippen LogP contribution is 2.31. The highest BCUT2D eigenvalue weighted by molar-refractivity contribution is 5.73. The molecule has 0 unspecified atom stereocenters. The summed E-state index contributed by atoms with van der Waals surface area (Å²) in [6.45, 7) is 7.89. The molecule has 3 nitrogen and oxygen atoms in total. The second kappa shape index (κ2) is 4.97. The van der Waals surface area contributed by atoms with Crippen molar-refractivity contribution in [2.24, 2.45) is 17.8 Å². The third-order valence-electron chi connectivity index (χ3n) is 3.50.